The summed E-state index contributed by atoms with van der Waals surface area (Å²) >= 11 is 5.61. The second kappa shape index (κ2) is 6.27. The Labute approximate surface area is 108 Å². The number of carbonyl (C=O) groups excluding carboxylic acids is 1. The molecule has 0 spiro atoms. The maximum Gasteiger partial charge on any atom is 0.300 e. The van der Waals surface area contributed by atoms with E-state index in [4.69, 9.17) is 16.7 Å². The van der Waals surface area contributed by atoms with Crippen LogP contribution in [0, 0.1) is 10.1 Å². The molecule has 0 bridgehead atoms. The van der Waals surface area contributed by atoms with Gasteiger partial charge in [-0.15, -0.1) is 0 Å². The van der Waals surface area contributed by atoms with Crippen molar-refractivity contribution in [3.63, 3.8) is 0 Å². The average Bonchev–Trinajstić information content (AvgIpc) is 2.35. The first-order valence-corrected chi connectivity index (χ1v) is 5.59. The largest absolute Gasteiger partial charge is 0.394 e. The van der Waals surface area contributed by atoms with E-state index in [0.717, 1.165) is 12.3 Å². The van der Waals surface area contributed by atoms with Crippen LogP contribution in [0.3, 0.4) is 0 Å². The number of aromatic nitrogens is 1. The summed E-state index contributed by atoms with van der Waals surface area (Å²) in [7, 11) is 0. The summed E-state index contributed by atoms with van der Waals surface area (Å²) in [5, 5.41) is 22.2. The van der Waals surface area contributed by atoms with Crippen LogP contribution in [0.25, 0.3) is 0 Å². The maximum absolute atomic E-state index is 11.8. The van der Waals surface area contributed by atoms with E-state index in [1.165, 1.54) is 0 Å². The van der Waals surface area contributed by atoms with Crippen LogP contribution in [-0.4, -0.2) is 33.6 Å². The van der Waals surface area contributed by atoms with Crippen LogP contribution in [0.2, 0.25) is 5.15 Å². The standard InChI is InChI=1S/C10H12ClN3O4/c1-2-6(5-15)13-10(16)7-3-9(11)12-4-8(7)14(17)18/h3-4,6,15H,2,5H2,1H3,(H,13,16). The van der Waals surface area contributed by atoms with E-state index in [9.17, 15) is 14.9 Å². The molecule has 0 aromatic carbocycles. The fraction of sp³-hybridized carbons (Fsp3) is 0.400. The highest BCUT2D eigenvalue weighted by atomic mass is 35.5. The molecule has 1 heterocycles. The number of amides is 1. The molecule has 1 amide bonds. The van der Waals surface area contributed by atoms with Gasteiger partial charge in [0.2, 0.25) is 0 Å². The number of aliphatic hydroxyl groups is 1. The van der Waals surface area contributed by atoms with Crippen LogP contribution in [0.4, 0.5) is 5.69 Å². The Bertz CT molecular complexity index is 462. The average molecular weight is 274 g/mol. The molecule has 1 atom stereocenters. The molecule has 0 radical (unpaired) electrons. The number of halogens is 1. The van der Waals surface area contributed by atoms with E-state index < -0.39 is 22.6 Å². The Hall–Kier alpha value is -1.73. The van der Waals surface area contributed by atoms with E-state index in [2.05, 4.69) is 10.3 Å². The van der Waals surface area contributed by atoms with Gasteiger partial charge in [-0.2, -0.15) is 0 Å². The van der Waals surface area contributed by atoms with Crippen LogP contribution in [0.5, 0.6) is 0 Å². The molecule has 1 aromatic heterocycles. The molecule has 0 saturated heterocycles. The van der Waals surface area contributed by atoms with Crippen LogP contribution >= 0.6 is 11.6 Å². The third-order valence-corrected chi connectivity index (χ3v) is 2.55. The lowest BCUT2D eigenvalue weighted by atomic mass is 10.2. The molecule has 0 aliphatic rings. The van der Waals surface area contributed by atoms with Gasteiger partial charge < -0.3 is 10.4 Å². The SMILES string of the molecule is CCC(CO)NC(=O)c1cc(Cl)ncc1[N+](=O)[O-]. The number of nitrogens with one attached hydrogen (secondary N) is 1. The maximum atomic E-state index is 11.8. The highest BCUT2D eigenvalue weighted by Crippen LogP contribution is 2.20. The van der Waals surface area contributed by atoms with E-state index in [0.29, 0.717) is 6.42 Å². The van der Waals surface area contributed by atoms with E-state index >= 15 is 0 Å². The molecule has 2 N–H and O–H groups in total. The number of pyridine rings is 1. The number of hydrogen-bond donors (Lipinski definition) is 2. The topological polar surface area (TPSA) is 105 Å². The second-order valence-corrected chi connectivity index (χ2v) is 3.93. The first kappa shape index (κ1) is 14.3. The minimum absolute atomic E-state index is 0.0113. The van der Waals surface area contributed by atoms with Crippen molar-refractivity contribution in [1.82, 2.24) is 10.3 Å². The van der Waals surface area contributed by atoms with E-state index in [1.807, 2.05) is 0 Å². The third kappa shape index (κ3) is 3.38. The van der Waals surface area contributed by atoms with Gasteiger partial charge in [-0.25, -0.2) is 4.98 Å². The summed E-state index contributed by atoms with van der Waals surface area (Å²) in [5.41, 5.74) is -0.600. The molecular weight excluding hydrogens is 262 g/mol. The molecule has 98 valence electrons. The van der Waals surface area contributed by atoms with Gasteiger partial charge in [-0.3, -0.25) is 14.9 Å². The number of rotatable bonds is 5. The summed E-state index contributed by atoms with van der Waals surface area (Å²) in [4.78, 5) is 25.4. The fourth-order valence-electron chi connectivity index (χ4n) is 1.29. The zero-order valence-corrected chi connectivity index (χ0v) is 10.3. The van der Waals surface area contributed by atoms with Crippen molar-refractivity contribution in [2.24, 2.45) is 0 Å². The van der Waals surface area contributed by atoms with Crippen molar-refractivity contribution in [1.29, 1.82) is 0 Å². The molecule has 1 unspecified atom stereocenters. The first-order chi connectivity index (χ1) is 8.49. The molecule has 0 aliphatic heterocycles. The van der Waals surface area contributed by atoms with Gasteiger partial charge in [-0.05, 0) is 12.5 Å². The Morgan fingerprint density at radius 3 is 2.89 bits per heavy atom. The lowest BCUT2D eigenvalue weighted by Gasteiger charge is -2.13. The summed E-state index contributed by atoms with van der Waals surface area (Å²) in [6.07, 6.45) is 1.44. The zero-order valence-electron chi connectivity index (χ0n) is 9.59. The summed E-state index contributed by atoms with van der Waals surface area (Å²) < 4.78 is 0. The molecule has 1 aromatic rings. The van der Waals surface area contributed by atoms with Crippen molar-refractivity contribution in [3.05, 3.63) is 33.1 Å². The molecule has 8 heteroatoms. The highest BCUT2D eigenvalue weighted by molar-refractivity contribution is 6.29. The summed E-state index contributed by atoms with van der Waals surface area (Å²) in [6, 6.07) is 0.670. The van der Waals surface area contributed by atoms with E-state index in [1.54, 1.807) is 6.92 Å². The lowest BCUT2D eigenvalue weighted by molar-refractivity contribution is -0.385. The predicted octanol–water partition coefficient (Wildman–Crippen LogP) is 1.14. The lowest BCUT2D eigenvalue weighted by Crippen LogP contribution is -2.37. The Kier molecular flexibility index (Phi) is 4.99. The summed E-state index contributed by atoms with van der Waals surface area (Å²) in [5.74, 6) is -0.660. The number of hydrogen-bond acceptors (Lipinski definition) is 5. The smallest absolute Gasteiger partial charge is 0.300 e. The van der Waals surface area contributed by atoms with E-state index in [-0.39, 0.29) is 17.3 Å². The molecule has 7 nitrogen and oxygen atoms in total. The van der Waals surface area contributed by atoms with Gasteiger partial charge in [0.1, 0.15) is 16.9 Å². The van der Waals surface area contributed by atoms with Crippen LogP contribution < -0.4 is 5.32 Å². The quantitative estimate of drug-likeness (QED) is 0.475. The van der Waals surface area contributed by atoms with Crippen LogP contribution in [0.1, 0.15) is 23.7 Å². The second-order valence-electron chi connectivity index (χ2n) is 3.54. The third-order valence-electron chi connectivity index (χ3n) is 2.34. The van der Waals surface area contributed by atoms with Gasteiger partial charge in [0.15, 0.2) is 0 Å². The minimum atomic E-state index is -0.710. The van der Waals surface area contributed by atoms with Crippen molar-refractivity contribution >= 4 is 23.2 Å². The Morgan fingerprint density at radius 1 is 1.72 bits per heavy atom. The number of carbonyl (C=O) groups is 1. The zero-order chi connectivity index (χ0) is 13.7. The van der Waals surface area contributed by atoms with Crippen LogP contribution in [0.15, 0.2) is 12.3 Å². The minimum Gasteiger partial charge on any atom is -0.394 e. The normalized spacial score (nSPS) is 11.9. The van der Waals surface area contributed by atoms with Gasteiger partial charge in [0.05, 0.1) is 17.6 Å². The van der Waals surface area contributed by atoms with Crippen molar-refractivity contribution in [2.45, 2.75) is 19.4 Å². The molecule has 0 saturated carbocycles. The predicted molar refractivity (Wildman–Crippen MR) is 64.5 cm³/mol. The van der Waals surface area contributed by atoms with Gasteiger partial charge in [0, 0.05) is 0 Å². The summed E-state index contributed by atoms with van der Waals surface area (Å²) in [6.45, 7) is 1.53. The highest BCUT2D eigenvalue weighted by Gasteiger charge is 2.22. The van der Waals surface area contributed by atoms with Crippen molar-refractivity contribution < 1.29 is 14.8 Å². The monoisotopic (exact) mass is 273 g/mol. The molecule has 18 heavy (non-hydrogen) atoms. The van der Waals surface area contributed by atoms with Crippen molar-refractivity contribution in [2.75, 3.05) is 6.61 Å². The van der Waals surface area contributed by atoms with Gasteiger partial charge in [0.25, 0.3) is 11.6 Å². The van der Waals surface area contributed by atoms with Gasteiger partial charge >= 0.3 is 0 Å². The number of aliphatic hydroxyl groups excluding tert-OH is 1. The van der Waals surface area contributed by atoms with Crippen LogP contribution in [-0.2, 0) is 0 Å². The Morgan fingerprint density at radius 2 is 2.39 bits per heavy atom. The Balaban J connectivity index is 3.03. The molecule has 0 fully saturated rings. The van der Waals surface area contributed by atoms with Gasteiger partial charge in [-0.1, -0.05) is 18.5 Å². The molecule has 0 aliphatic carbocycles. The molecule has 1 rings (SSSR count). The molecular formula is C10H12ClN3O4. The number of nitro groups is 1. The van der Waals surface area contributed by atoms with Crippen molar-refractivity contribution in [3.8, 4) is 0 Å². The fourth-order valence-corrected chi connectivity index (χ4v) is 1.45. The number of nitrogens with zero attached hydrogens (tertiary/aromatic N) is 2. The first-order valence-electron chi connectivity index (χ1n) is 5.21.